The third-order valence-electron chi connectivity index (χ3n) is 5.05. The molecule has 2 fully saturated rings. The molecule has 0 spiro atoms. The predicted molar refractivity (Wildman–Crippen MR) is 80.9 cm³/mol. The Morgan fingerprint density at radius 2 is 1.81 bits per heavy atom. The van der Waals surface area contributed by atoms with Gasteiger partial charge in [-0.1, -0.05) is 13.8 Å². The molecule has 5 unspecified atom stereocenters. The molecule has 5 nitrogen and oxygen atoms in total. The summed E-state index contributed by atoms with van der Waals surface area (Å²) in [6.45, 7) is 6.33. The van der Waals surface area contributed by atoms with Gasteiger partial charge in [-0.2, -0.15) is 0 Å². The third kappa shape index (κ3) is 3.89. The summed E-state index contributed by atoms with van der Waals surface area (Å²) in [4.78, 5) is 23.5. The molecule has 0 aromatic rings. The molecule has 2 aliphatic rings. The van der Waals surface area contributed by atoms with Crippen molar-refractivity contribution < 1.29 is 14.7 Å². The fourth-order valence-corrected chi connectivity index (χ4v) is 3.93. The van der Waals surface area contributed by atoms with Crippen LogP contribution in [0.15, 0.2) is 0 Å². The van der Waals surface area contributed by atoms with Crippen molar-refractivity contribution in [3.63, 3.8) is 0 Å². The van der Waals surface area contributed by atoms with Crippen molar-refractivity contribution >= 4 is 12.0 Å². The first-order valence-electron chi connectivity index (χ1n) is 8.18. The average Bonchev–Trinajstić information content (AvgIpc) is 2.96. The van der Waals surface area contributed by atoms with Crippen LogP contribution in [-0.4, -0.2) is 29.2 Å². The zero-order valence-corrected chi connectivity index (χ0v) is 13.3. The van der Waals surface area contributed by atoms with E-state index in [-0.39, 0.29) is 24.0 Å². The Bertz CT molecular complexity index is 397. The molecule has 2 rings (SSSR count). The first-order valence-corrected chi connectivity index (χ1v) is 8.18. The highest BCUT2D eigenvalue weighted by atomic mass is 16.4. The van der Waals surface area contributed by atoms with Crippen LogP contribution in [0.4, 0.5) is 4.79 Å². The van der Waals surface area contributed by atoms with E-state index >= 15 is 0 Å². The average molecular weight is 296 g/mol. The Labute approximate surface area is 126 Å². The van der Waals surface area contributed by atoms with Crippen molar-refractivity contribution in [2.45, 2.75) is 65.0 Å². The summed E-state index contributed by atoms with van der Waals surface area (Å²) in [5, 5.41) is 15.2. The van der Waals surface area contributed by atoms with E-state index in [2.05, 4.69) is 24.5 Å². The number of carbonyl (C=O) groups is 2. The number of rotatable bonds is 6. The van der Waals surface area contributed by atoms with Gasteiger partial charge in [-0.15, -0.1) is 0 Å². The molecule has 0 aromatic heterocycles. The first kappa shape index (κ1) is 16.1. The maximum Gasteiger partial charge on any atom is 0.315 e. The molecular weight excluding hydrogens is 268 g/mol. The summed E-state index contributed by atoms with van der Waals surface area (Å²) in [6, 6.07) is -0.289. The number of aliphatic carboxylic acids is 1. The van der Waals surface area contributed by atoms with E-state index in [0.717, 1.165) is 32.1 Å². The summed E-state index contributed by atoms with van der Waals surface area (Å²) in [7, 11) is 0. The van der Waals surface area contributed by atoms with E-state index in [4.69, 9.17) is 0 Å². The number of hydrogen-bond donors (Lipinski definition) is 3. The van der Waals surface area contributed by atoms with Gasteiger partial charge < -0.3 is 15.7 Å². The van der Waals surface area contributed by atoms with Crippen molar-refractivity contribution in [3.8, 4) is 0 Å². The van der Waals surface area contributed by atoms with Crippen LogP contribution in [0.2, 0.25) is 0 Å². The van der Waals surface area contributed by atoms with Crippen LogP contribution in [0.1, 0.15) is 52.9 Å². The number of carboxylic acid groups (broad SMARTS) is 1. The summed E-state index contributed by atoms with van der Waals surface area (Å²) >= 11 is 0. The second-order valence-electron chi connectivity index (χ2n) is 7.21. The van der Waals surface area contributed by atoms with Crippen LogP contribution in [0.3, 0.4) is 0 Å². The number of hydrogen-bond acceptors (Lipinski definition) is 2. The topological polar surface area (TPSA) is 78.4 Å². The predicted octanol–water partition coefficient (Wildman–Crippen LogP) is 2.61. The Morgan fingerprint density at radius 1 is 1.14 bits per heavy atom. The number of amides is 2. The van der Waals surface area contributed by atoms with Crippen molar-refractivity contribution in [3.05, 3.63) is 0 Å². The normalized spacial score (nSPS) is 32.2. The van der Waals surface area contributed by atoms with Gasteiger partial charge in [-0.05, 0) is 56.8 Å². The fourth-order valence-electron chi connectivity index (χ4n) is 3.93. The Balaban J connectivity index is 1.83. The summed E-state index contributed by atoms with van der Waals surface area (Å²) in [6.07, 6.45) is 5.01. The molecule has 5 atom stereocenters. The van der Waals surface area contributed by atoms with Gasteiger partial charge in [0.25, 0.3) is 0 Å². The minimum Gasteiger partial charge on any atom is -0.481 e. The highest BCUT2D eigenvalue weighted by Gasteiger charge is 2.51. The second kappa shape index (κ2) is 6.67. The monoisotopic (exact) mass is 296 g/mol. The number of fused-ring (bicyclic) bond motifs is 2. The lowest BCUT2D eigenvalue weighted by Gasteiger charge is -2.29. The van der Waals surface area contributed by atoms with Crippen LogP contribution in [-0.2, 0) is 4.79 Å². The largest absolute Gasteiger partial charge is 0.481 e. The van der Waals surface area contributed by atoms with Gasteiger partial charge in [0.05, 0.1) is 5.92 Å². The summed E-state index contributed by atoms with van der Waals surface area (Å²) < 4.78 is 0. The van der Waals surface area contributed by atoms with Crippen LogP contribution in [0, 0.1) is 23.7 Å². The van der Waals surface area contributed by atoms with Crippen LogP contribution in [0.25, 0.3) is 0 Å². The summed E-state index contributed by atoms with van der Waals surface area (Å²) in [5.41, 5.74) is 0. The number of nitrogens with one attached hydrogen (secondary N) is 2. The molecule has 3 N–H and O–H groups in total. The van der Waals surface area contributed by atoms with Crippen molar-refractivity contribution in [1.29, 1.82) is 0 Å². The molecular formula is C16H28N2O3. The third-order valence-corrected chi connectivity index (χ3v) is 5.05. The smallest absolute Gasteiger partial charge is 0.315 e. The number of carbonyl (C=O) groups excluding carboxylic acids is 1. The Hall–Kier alpha value is -1.26. The van der Waals surface area contributed by atoms with Gasteiger partial charge in [0.2, 0.25) is 0 Å². The molecule has 2 bridgehead atoms. The molecule has 0 radical (unpaired) electrons. The SMILES string of the molecule is CC(C)CCC(C)NC(=O)NC1C2CCC(C2)C1C(=O)O. The molecule has 0 heterocycles. The Morgan fingerprint density at radius 3 is 2.43 bits per heavy atom. The lowest BCUT2D eigenvalue weighted by Crippen LogP contribution is -2.51. The lowest BCUT2D eigenvalue weighted by atomic mass is 9.84. The fraction of sp³-hybridized carbons (Fsp3) is 0.875. The van der Waals surface area contributed by atoms with E-state index in [1.165, 1.54) is 0 Å². The zero-order valence-electron chi connectivity index (χ0n) is 13.3. The molecule has 120 valence electrons. The second-order valence-corrected chi connectivity index (χ2v) is 7.21. The van der Waals surface area contributed by atoms with Crippen molar-refractivity contribution in [2.75, 3.05) is 0 Å². The van der Waals surface area contributed by atoms with Crippen LogP contribution >= 0.6 is 0 Å². The van der Waals surface area contributed by atoms with Crippen molar-refractivity contribution in [2.24, 2.45) is 23.7 Å². The van der Waals surface area contributed by atoms with Crippen LogP contribution in [0.5, 0.6) is 0 Å². The molecule has 0 saturated heterocycles. The quantitative estimate of drug-likeness (QED) is 0.705. The van der Waals surface area contributed by atoms with Crippen LogP contribution < -0.4 is 10.6 Å². The minimum atomic E-state index is -0.764. The van der Waals surface area contributed by atoms with Gasteiger partial charge in [0, 0.05) is 12.1 Å². The Kier molecular flexibility index (Phi) is 5.12. The van der Waals surface area contributed by atoms with E-state index in [9.17, 15) is 14.7 Å². The number of carboxylic acids is 1. The van der Waals surface area contributed by atoms with E-state index < -0.39 is 11.9 Å². The summed E-state index contributed by atoms with van der Waals surface area (Å²) in [5.74, 6) is 0.0454. The molecule has 0 aliphatic heterocycles. The maximum atomic E-state index is 12.1. The van der Waals surface area contributed by atoms with Gasteiger partial charge in [0.15, 0.2) is 0 Å². The highest BCUT2D eigenvalue weighted by Crippen LogP contribution is 2.48. The molecule has 2 saturated carbocycles. The zero-order chi connectivity index (χ0) is 15.6. The number of urea groups is 1. The lowest BCUT2D eigenvalue weighted by molar-refractivity contribution is -0.144. The van der Waals surface area contributed by atoms with Gasteiger partial charge in [0.1, 0.15) is 0 Å². The maximum absolute atomic E-state index is 12.1. The van der Waals surface area contributed by atoms with Crippen molar-refractivity contribution in [1.82, 2.24) is 10.6 Å². The van der Waals surface area contributed by atoms with Gasteiger partial charge >= 0.3 is 12.0 Å². The molecule has 2 aliphatic carbocycles. The van der Waals surface area contributed by atoms with Gasteiger partial charge in [-0.3, -0.25) is 4.79 Å². The molecule has 2 amide bonds. The van der Waals surface area contributed by atoms with E-state index in [1.807, 2.05) is 6.92 Å². The molecule has 5 heteroatoms. The highest BCUT2D eigenvalue weighted by molar-refractivity contribution is 5.77. The standard InChI is InChI=1S/C16H28N2O3/c1-9(2)4-5-10(3)17-16(21)18-14-12-7-6-11(8-12)13(14)15(19)20/h9-14H,4-8H2,1-3H3,(H,19,20)(H2,17,18,21). The van der Waals surface area contributed by atoms with E-state index in [1.54, 1.807) is 0 Å². The molecule has 21 heavy (non-hydrogen) atoms. The van der Waals surface area contributed by atoms with Gasteiger partial charge in [-0.25, -0.2) is 4.79 Å². The minimum absolute atomic E-state index is 0.120. The molecule has 0 aromatic carbocycles. The van der Waals surface area contributed by atoms with E-state index in [0.29, 0.717) is 11.8 Å². The first-order chi connectivity index (χ1) is 9.88.